The molecular formula is C23H26N6OS. The molecule has 31 heavy (non-hydrogen) atoms. The molecule has 0 saturated heterocycles. The predicted molar refractivity (Wildman–Crippen MR) is 121 cm³/mol. The van der Waals surface area contributed by atoms with Crippen LogP contribution in [0.15, 0.2) is 52.3 Å². The van der Waals surface area contributed by atoms with Crippen LogP contribution in [0.2, 0.25) is 0 Å². The Morgan fingerprint density at radius 2 is 2.00 bits per heavy atom. The molecule has 0 aliphatic carbocycles. The van der Waals surface area contributed by atoms with Crippen LogP contribution in [-0.2, 0) is 6.42 Å². The molecule has 0 aliphatic heterocycles. The molecule has 0 aliphatic rings. The predicted octanol–water partition coefficient (Wildman–Crippen LogP) is 5.53. The van der Waals surface area contributed by atoms with Crippen molar-refractivity contribution < 1.29 is 4.52 Å². The van der Waals surface area contributed by atoms with E-state index in [1.54, 1.807) is 18.0 Å². The molecule has 7 nitrogen and oxygen atoms in total. The lowest BCUT2D eigenvalue weighted by atomic mass is 10.1. The molecule has 1 aromatic carbocycles. The summed E-state index contributed by atoms with van der Waals surface area (Å²) < 4.78 is 7.58. The Hall–Kier alpha value is -3.00. The molecule has 0 radical (unpaired) electrons. The third kappa shape index (κ3) is 4.69. The second kappa shape index (κ2) is 9.43. The minimum Gasteiger partial charge on any atom is -0.338 e. The number of nitrogens with zero attached hydrogens (tertiary/aromatic N) is 6. The van der Waals surface area contributed by atoms with Crippen LogP contribution >= 0.6 is 11.8 Å². The van der Waals surface area contributed by atoms with Crippen LogP contribution in [0.3, 0.4) is 0 Å². The van der Waals surface area contributed by atoms with Gasteiger partial charge in [0.2, 0.25) is 5.89 Å². The van der Waals surface area contributed by atoms with Crippen molar-refractivity contribution in [2.75, 3.05) is 0 Å². The first-order chi connectivity index (χ1) is 15.1. The number of unbranched alkanes of at least 4 members (excludes halogenated alkanes) is 1. The van der Waals surface area contributed by atoms with Crippen molar-refractivity contribution in [3.63, 3.8) is 0 Å². The van der Waals surface area contributed by atoms with Gasteiger partial charge >= 0.3 is 0 Å². The fourth-order valence-electron chi connectivity index (χ4n) is 3.36. The molecule has 1 unspecified atom stereocenters. The van der Waals surface area contributed by atoms with E-state index in [0.717, 1.165) is 47.2 Å². The number of aromatic nitrogens is 6. The first-order valence-corrected chi connectivity index (χ1v) is 11.4. The molecule has 3 aromatic heterocycles. The standard InChI is InChI=1S/C23H26N6OS/c1-5-6-10-20-25-22(30-28-20)17(4)31-23-27-26-21(18-9-7-8-13-24-18)29(23)19-12-11-15(2)14-16(19)3/h7-9,11-14,17H,5-6,10H2,1-4H3. The van der Waals surface area contributed by atoms with Gasteiger partial charge in [0.15, 0.2) is 16.8 Å². The molecule has 4 aromatic rings. The Morgan fingerprint density at radius 1 is 1.13 bits per heavy atom. The highest BCUT2D eigenvalue weighted by Crippen LogP contribution is 2.36. The van der Waals surface area contributed by atoms with Gasteiger partial charge in [-0.15, -0.1) is 10.2 Å². The third-order valence-electron chi connectivity index (χ3n) is 4.99. The number of rotatable bonds is 8. The lowest BCUT2D eigenvalue weighted by molar-refractivity contribution is 0.374. The lowest BCUT2D eigenvalue weighted by Crippen LogP contribution is -2.04. The molecule has 0 N–H and O–H groups in total. The highest BCUT2D eigenvalue weighted by molar-refractivity contribution is 7.99. The second-order valence-electron chi connectivity index (χ2n) is 7.56. The van der Waals surface area contributed by atoms with E-state index in [2.05, 4.69) is 68.9 Å². The number of benzene rings is 1. The van der Waals surface area contributed by atoms with Crippen LogP contribution in [0.4, 0.5) is 0 Å². The van der Waals surface area contributed by atoms with Gasteiger partial charge in [0, 0.05) is 12.6 Å². The second-order valence-corrected chi connectivity index (χ2v) is 8.87. The molecule has 160 valence electrons. The average molecular weight is 435 g/mol. The summed E-state index contributed by atoms with van der Waals surface area (Å²) in [7, 11) is 0. The average Bonchev–Trinajstić information content (AvgIpc) is 3.40. The molecular weight excluding hydrogens is 408 g/mol. The molecule has 3 heterocycles. The third-order valence-corrected chi connectivity index (χ3v) is 6.02. The Labute approximate surface area is 186 Å². The van der Waals surface area contributed by atoms with E-state index in [9.17, 15) is 0 Å². The SMILES string of the molecule is CCCCc1noc(C(C)Sc2nnc(-c3ccccn3)n2-c2ccc(C)cc2C)n1. The monoisotopic (exact) mass is 434 g/mol. The van der Waals surface area contributed by atoms with Crippen molar-refractivity contribution in [2.24, 2.45) is 0 Å². The first-order valence-electron chi connectivity index (χ1n) is 10.5. The number of aryl methyl sites for hydroxylation is 3. The number of pyridine rings is 1. The van der Waals surface area contributed by atoms with Gasteiger partial charge in [0.1, 0.15) is 5.69 Å². The van der Waals surface area contributed by atoms with Gasteiger partial charge in [-0.05, 0) is 51.0 Å². The van der Waals surface area contributed by atoms with E-state index < -0.39 is 0 Å². The Bertz CT molecular complexity index is 1150. The topological polar surface area (TPSA) is 82.5 Å². The number of thioether (sulfide) groups is 1. The van der Waals surface area contributed by atoms with Gasteiger partial charge in [-0.3, -0.25) is 9.55 Å². The molecule has 8 heteroatoms. The Balaban J connectivity index is 1.71. The van der Waals surface area contributed by atoms with E-state index in [0.29, 0.717) is 11.7 Å². The minimum atomic E-state index is -0.0619. The van der Waals surface area contributed by atoms with E-state index >= 15 is 0 Å². The van der Waals surface area contributed by atoms with Crippen LogP contribution < -0.4 is 0 Å². The van der Waals surface area contributed by atoms with Gasteiger partial charge in [-0.1, -0.05) is 54.0 Å². The van der Waals surface area contributed by atoms with Crippen molar-refractivity contribution in [1.82, 2.24) is 29.9 Å². The zero-order valence-electron chi connectivity index (χ0n) is 18.2. The highest BCUT2D eigenvalue weighted by Gasteiger charge is 2.23. The fourth-order valence-corrected chi connectivity index (χ4v) is 4.25. The van der Waals surface area contributed by atoms with E-state index in [1.807, 2.05) is 25.1 Å². The quantitative estimate of drug-likeness (QED) is 0.337. The molecule has 0 spiro atoms. The van der Waals surface area contributed by atoms with Crippen LogP contribution in [-0.4, -0.2) is 29.9 Å². The maximum Gasteiger partial charge on any atom is 0.239 e. The van der Waals surface area contributed by atoms with Gasteiger partial charge in [0.25, 0.3) is 0 Å². The minimum absolute atomic E-state index is 0.0619. The van der Waals surface area contributed by atoms with Crippen LogP contribution in [0.5, 0.6) is 0 Å². The molecule has 4 rings (SSSR count). The summed E-state index contributed by atoms with van der Waals surface area (Å²) in [6.45, 7) is 8.38. The summed E-state index contributed by atoms with van der Waals surface area (Å²) in [5.41, 5.74) is 4.15. The maximum absolute atomic E-state index is 5.52. The van der Waals surface area contributed by atoms with Crippen molar-refractivity contribution in [3.05, 3.63) is 65.4 Å². The molecule has 0 amide bonds. The Morgan fingerprint density at radius 3 is 2.74 bits per heavy atom. The zero-order chi connectivity index (χ0) is 21.8. The highest BCUT2D eigenvalue weighted by atomic mass is 32.2. The van der Waals surface area contributed by atoms with E-state index in [-0.39, 0.29) is 5.25 Å². The van der Waals surface area contributed by atoms with Gasteiger partial charge in [-0.2, -0.15) is 4.98 Å². The van der Waals surface area contributed by atoms with Crippen molar-refractivity contribution in [1.29, 1.82) is 0 Å². The van der Waals surface area contributed by atoms with Crippen molar-refractivity contribution >= 4 is 11.8 Å². The van der Waals surface area contributed by atoms with Gasteiger partial charge in [-0.25, -0.2) is 0 Å². The summed E-state index contributed by atoms with van der Waals surface area (Å²) in [4.78, 5) is 9.06. The molecule has 0 saturated carbocycles. The van der Waals surface area contributed by atoms with Crippen molar-refractivity contribution in [3.8, 4) is 17.2 Å². The van der Waals surface area contributed by atoms with Gasteiger partial charge in [0.05, 0.1) is 10.9 Å². The summed E-state index contributed by atoms with van der Waals surface area (Å²) in [5, 5.41) is 13.8. The van der Waals surface area contributed by atoms with Crippen molar-refractivity contribution in [2.45, 2.75) is 57.4 Å². The summed E-state index contributed by atoms with van der Waals surface area (Å²) in [5.74, 6) is 2.07. The normalized spacial score (nSPS) is 12.3. The van der Waals surface area contributed by atoms with Gasteiger partial charge < -0.3 is 4.52 Å². The maximum atomic E-state index is 5.52. The fraction of sp³-hybridized carbons (Fsp3) is 0.348. The smallest absolute Gasteiger partial charge is 0.239 e. The van der Waals surface area contributed by atoms with E-state index in [1.165, 1.54) is 5.56 Å². The molecule has 1 atom stereocenters. The largest absolute Gasteiger partial charge is 0.338 e. The lowest BCUT2D eigenvalue weighted by Gasteiger charge is -2.14. The van der Waals surface area contributed by atoms with Crippen LogP contribution in [0, 0.1) is 13.8 Å². The number of hydrogen-bond donors (Lipinski definition) is 0. The summed E-state index contributed by atoms with van der Waals surface area (Å²) in [6, 6.07) is 12.2. The summed E-state index contributed by atoms with van der Waals surface area (Å²) >= 11 is 1.55. The molecule has 0 bridgehead atoms. The first kappa shape index (κ1) is 21.2. The van der Waals surface area contributed by atoms with Crippen LogP contribution in [0.25, 0.3) is 17.2 Å². The molecule has 0 fully saturated rings. The zero-order valence-corrected chi connectivity index (χ0v) is 19.1. The van der Waals surface area contributed by atoms with Crippen LogP contribution in [0.1, 0.15) is 54.8 Å². The Kier molecular flexibility index (Phi) is 6.46. The summed E-state index contributed by atoms with van der Waals surface area (Å²) in [6.07, 6.45) is 4.75. The van der Waals surface area contributed by atoms with E-state index in [4.69, 9.17) is 4.52 Å². The number of hydrogen-bond acceptors (Lipinski definition) is 7.